The second kappa shape index (κ2) is 8.26. The Bertz CT molecular complexity index is 1420. The fourth-order valence-electron chi connectivity index (χ4n) is 4.49. The lowest BCUT2D eigenvalue weighted by atomic mass is 10.1. The van der Waals surface area contributed by atoms with E-state index in [0.717, 1.165) is 24.8 Å². The summed E-state index contributed by atoms with van der Waals surface area (Å²) in [6.45, 7) is 5.07. The molecule has 0 N–H and O–H groups in total. The molecule has 0 amide bonds. The van der Waals surface area contributed by atoms with Crippen LogP contribution in [0.5, 0.6) is 0 Å². The summed E-state index contributed by atoms with van der Waals surface area (Å²) in [5, 5.41) is 5.42. The van der Waals surface area contributed by atoms with E-state index in [9.17, 15) is 9.18 Å². The van der Waals surface area contributed by atoms with E-state index in [1.807, 2.05) is 54.6 Å². The number of nitrogens with zero attached hydrogens (tertiary/aromatic N) is 5. The second-order valence-corrected chi connectivity index (χ2v) is 8.84. The van der Waals surface area contributed by atoms with Crippen LogP contribution in [0, 0.1) is 10.6 Å². The standard InChI is InChI=1S/C24H26FN5OS/c1-3-14-27-22(31)19-9-5-7-11-21(19)30-23(27)26-29(24(30)32)15-28(17-12-13-17)16(2)18-8-4-6-10-20(18)25/h4-11,16-17H,3,12-15H2,1-2H3. The first-order valence-corrected chi connectivity index (χ1v) is 11.5. The average Bonchev–Trinajstić information content (AvgIpc) is 3.59. The topological polar surface area (TPSA) is 47.5 Å². The van der Waals surface area contributed by atoms with Gasteiger partial charge < -0.3 is 0 Å². The van der Waals surface area contributed by atoms with E-state index in [1.165, 1.54) is 6.07 Å². The summed E-state index contributed by atoms with van der Waals surface area (Å²) in [6.07, 6.45) is 2.96. The molecular formula is C24H26FN5OS. The van der Waals surface area contributed by atoms with Crippen molar-refractivity contribution in [2.45, 2.75) is 58.4 Å². The number of fused-ring (bicyclic) bond motifs is 3. The predicted molar refractivity (Wildman–Crippen MR) is 126 cm³/mol. The van der Waals surface area contributed by atoms with Crippen molar-refractivity contribution >= 4 is 28.9 Å². The minimum absolute atomic E-state index is 0.0547. The van der Waals surface area contributed by atoms with Crippen LogP contribution in [0.25, 0.3) is 16.7 Å². The summed E-state index contributed by atoms with van der Waals surface area (Å²) in [5.74, 6) is 0.349. The van der Waals surface area contributed by atoms with Gasteiger partial charge in [-0.15, -0.1) is 5.10 Å². The Hall–Kier alpha value is -2.84. The van der Waals surface area contributed by atoms with Crippen molar-refractivity contribution < 1.29 is 4.39 Å². The molecule has 1 saturated carbocycles. The largest absolute Gasteiger partial charge is 0.276 e. The molecule has 5 rings (SSSR count). The molecule has 4 aromatic rings. The lowest BCUT2D eigenvalue weighted by Crippen LogP contribution is -2.32. The van der Waals surface area contributed by atoms with Crippen molar-refractivity contribution in [2.24, 2.45) is 0 Å². The molecule has 32 heavy (non-hydrogen) atoms. The highest BCUT2D eigenvalue weighted by atomic mass is 32.1. The van der Waals surface area contributed by atoms with Gasteiger partial charge in [0.1, 0.15) is 5.82 Å². The quantitative estimate of drug-likeness (QED) is 0.375. The molecule has 0 radical (unpaired) electrons. The van der Waals surface area contributed by atoms with Gasteiger partial charge in [0, 0.05) is 24.2 Å². The third-order valence-electron chi connectivity index (χ3n) is 6.30. The van der Waals surface area contributed by atoms with Crippen molar-refractivity contribution in [3.8, 4) is 0 Å². The van der Waals surface area contributed by atoms with Crippen molar-refractivity contribution in [1.29, 1.82) is 0 Å². The van der Waals surface area contributed by atoms with E-state index in [2.05, 4.69) is 4.90 Å². The molecule has 8 heteroatoms. The monoisotopic (exact) mass is 451 g/mol. The molecular weight excluding hydrogens is 425 g/mol. The van der Waals surface area contributed by atoms with Crippen molar-refractivity contribution in [3.05, 3.63) is 75.0 Å². The van der Waals surface area contributed by atoms with Gasteiger partial charge in [-0.1, -0.05) is 37.3 Å². The summed E-state index contributed by atoms with van der Waals surface area (Å²) in [5.41, 5.74) is 1.38. The minimum atomic E-state index is -0.202. The average molecular weight is 452 g/mol. The minimum Gasteiger partial charge on any atom is -0.276 e. The molecule has 0 spiro atoms. The van der Waals surface area contributed by atoms with Crippen molar-refractivity contribution in [1.82, 2.24) is 23.6 Å². The van der Waals surface area contributed by atoms with Crippen LogP contribution >= 0.6 is 12.2 Å². The number of hydrogen-bond donors (Lipinski definition) is 0. The maximum Gasteiger partial charge on any atom is 0.262 e. The van der Waals surface area contributed by atoms with Crippen LogP contribution in [0.2, 0.25) is 0 Å². The molecule has 2 aromatic carbocycles. The Kier molecular flexibility index (Phi) is 5.43. The zero-order chi connectivity index (χ0) is 22.4. The zero-order valence-corrected chi connectivity index (χ0v) is 19.1. The van der Waals surface area contributed by atoms with Gasteiger partial charge in [0.05, 0.1) is 17.6 Å². The van der Waals surface area contributed by atoms with E-state index >= 15 is 0 Å². The molecule has 166 valence electrons. The summed E-state index contributed by atoms with van der Waals surface area (Å²) < 4.78 is 20.4. The SMILES string of the molecule is CCCn1c(=O)c2ccccc2n2c(=S)n(CN(C3CC3)C(C)c3ccccc3F)nc12. The van der Waals surface area contributed by atoms with Crippen molar-refractivity contribution in [3.63, 3.8) is 0 Å². The molecule has 1 unspecified atom stereocenters. The van der Waals surface area contributed by atoms with Gasteiger partial charge in [-0.25, -0.2) is 9.07 Å². The number of benzene rings is 2. The number of halogens is 1. The molecule has 2 aromatic heterocycles. The summed E-state index contributed by atoms with van der Waals surface area (Å²) in [4.78, 5) is 15.4. The van der Waals surface area contributed by atoms with Crippen LogP contribution in [0.1, 0.15) is 44.7 Å². The number of aryl methyl sites for hydroxylation is 1. The smallest absolute Gasteiger partial charge is 0.262 e. The normalized spacial score (nSPS) is 15.1. The highest BCUT2D eigenvalue weighted by molar-refractivity contribution is 7.71. The van der Waals surface area contributed by atoms with E-state index in [4.69, 9.17) is 17.3 Å². The Morgan fingerprint density at radius 2 is 1.91 bits per heavy atom. The maximum atomic E-state index is 14.5. The molecule has 1 aliphatic rings. The first-order valence-electron chi connectivity index (χ1n) is 11.1. The maximum absolute atomic E-state index is 14.5. The van der Waals surface area contributed by atoms with Gasteiger partial charge in [0.25, 0.3) is 5.56 Å². The van der Waals surface area contributed by atoms with Gasteiger partial charge in [-0.3, -0.25) is 18.7 Å². The number of para-hydroxylation sites is 1. The first kappa shape index (κ1) is 21.0. The van der Waals surface area contributed by atoms with Gasteiger partial charge in [0.15, 0.2) is 0 Å². The lowest BCUT2D eigenvalue weighted by Gasteiger charge is -2.29. The number of aromatic nitrogens is 4. The molecule has 6 nitrogen and oxygen atoms in total. The molecule has 0 bridgehead atoms. The van der Waals surface area contributed by atoms with Gasteiger partial charge in [-0.2, -0.15) is 0 Å². The third-order valence-corrected chi connectivity index (χ3v) is 6.69. The van der Waals surface area contributed by atoms with Crippen LogP contribution in [0.4, 0.5) is 4.39 Å². The van der Waals surface area contributed by atoms with Crippen LogP contribution in [0.3, 0.4) is 0 Å². The van der Waals surface area contributed by atoms with E-state index in [-0.39, 0.29) is 17.4 Å². The molecule has 2 heterocycles. The Morgan fingerprint density at radius 1 is 1.19 bits per heavy atom. The van der Waals surface area contributed by atoms with Gasteiger partial charge in [0.2, 0.25) is 10.5 Å². The van der Waals surface area contributed by atoms with Crippen molar-refractivity contribution in [2.75, 3.05) is 0 Å². The fraction of sp³-hybridized carbons (Fsp3) is 0.375. The molecule has 1 aliphatic carbocycles. The molecule has 1 atom stereocenters. The zero-order valence-electron chi connectivity index (χ0n) is 18.2. The lowest BCUT2D eigenvalue weighted by molar-refractivity contribution is 0.140. The summed E-state index contributed by atoms with van der Waals surface area (Å²) in [7, 11) is 0. The molecule has 0 saturated heterocycles. The summed E-state index contributed by atoms with van der Waals surface area (Å²) in [6, 6.07) is 14.7. The second-order valence-electron chi connectivity index (χ2n) is 8.48. The highest BCUT2D eigenvalue weighted by Crippen LogP contribution is 2.35. The van der Waals surface area contributed by atoms with E-state index in [1.54, 1.807) is 15.3 Å². The third kappa shape index (κ3) is 3.47. The van der Waals surface area contributed by atoms with Crippen LogP contribution < -0.4 is 5.56 Å². The van der Waals surface area contributed by atoms with Crippen LogP contribution in [0.15, 0.2) is 53.3 Å². The van der Waals surface area contributed by atoms with Crippen LogP contribution in [-0.2, 0) is 13.2 Å². The van der Waals surface area contributed by atoms with Gasteiger partial charge >= 0.3 is 0 Å². The summed E-state index contributed by atoms with van der Waals surface area (Å²) >= 11 is 5.84. The predicted octanol–water partition coefficient (Wildman–Crippen LogP) is 4.91. The highest BCUT2D eigenvalue weighted by Gasteiger charge is 2.34. The number of hydrogen-bond acceptors (Lipinski definition) is 4. The van der Waals surface area contributed by atoms with E-state index < -0.39 is 0 Å². The van der Waals surface area contributed by atoms with Crippen LogP contribution in [-0.4, -0.2) is 29.7 Å². The Labute approximate surface area is 190 Å². The first-order chi connectivity index (χ1) is 15.5. The Balaban J connectivity index is 1.64. The molecule has 1 fully saturated rings. The molecule has 0 aliphatic heterocycles. The van der Waals surface area contributed by atoms with Gasteiger partial charge in [-0.05, 0) is 56.6 Å². The Morgan fingerprint density at radius 3 is 2.62 bits per heavy atom. The number of rotatable bonds is 7. The fourth-order valence-corrected chi connectivity index (χ4v) is 4.77. The van der Waals surface area contributed by atoms with E-state index in [0.29, 0.717) is 40.8 Å².